The van der Waals surface area contributed by atoms with Gasteiger partial charge >= 0.3 is 18.3 Å². The molecular weight excluding hydrogens is 422 g/mol. The summed E-state index contributed by atoms with van der Waals surface area (Å²) in [6, 6.07) is 2.46. The van der Waals surface area contributed by atoms with Gasteiger partial charge in [-0.2, -0.15) is 26.3 Å². The third kappa shape index (κ3) is 6.04. The highest BCUT2D eigenvalue weighted by Crippen LogP contribution is 2.40. The van der Waals surface area contributed by atoms with Gasteiger partial charge in [0.15, 0.2) is 0 Å². The van der Waals surface area contributed by atoms with Crippen LogP contribution in [0.5, 0.6) is 5.75 Å². The number of nitrogens with zero attached hydrogens (tertiary/aromatic N) is 1. The van der Waals surface area contributed by atoms with Gasteiger partial charge in [0.25, 0.3) is 0 Å². The summed E-state index contributed by atoms with van der Waals surface area (Å²) >= 11 is 0. The van der Waals surface area contributed by atoms with Crippen LogP contribution in [0, 0.1) is 0 Å². The Balaban J connectivity index is 0.000000469. The Morgan fingerprint density at radius 2 is 1.87 bits per heavy atom. The molecule has 0 bridgehead atoms. The fourth-order valence-electron chi connectivity index (χ4n) is 2.84. The molecule has 0 saturated carbocycles. The lowest BCUT2D eigenvalue weighted by Gasteiger charge is -2.32. The van der Waals surface area contributed by atoms with Crippen LogP contribution in [0.2, 0.25) is 0 Å². The maximum atomic E-state index is 13.1. The normalized spacial score (nSPS) is 13.8. The van der Waals surface area contributed by atoms with Crippen LogP contribution in [0.1, 0.15) is 19.4 Å². The Kier molecular flexibility index (Phi) is 6.88. The number of aromatic amines is 1. The standard InChI is InChI=1S/C14H10F6N2O2.C4H8O2/c15-13(16,17)6-22-1-2-24-11-5-9-7(3-10(11)22)8(14(18,19)20)4-12(23)21-9;1-3-6-4(2)5/h3-5H,1-2,6H2,(H,21,23);3H2,1-2H3. The van der Waals surface area contributed by atoms with Crippen LogP contribution < -0.4 is 15.2 Å². The van der Waals surface area contributed by atoms with Crippen molar-refractivity contribution in [3.8, 4) is 5.75 Å². The second kappa shape index (κ2) is 8.84. The van der Waals surface area contributed by atoms with E-state index in [4.69, 9.17) is 4.74 Å². The lowest BCUT2D eigenvalue weighted by atomic mass is 10.1. The summed E-state index contributed by atoms with van der Waals surface area (Å²) in [6.45, 7) is 2.19. The van der Waals surface area contributed by atoms with Gasteiger partial charge < -0.3 is 19.4 Å². The third-order valence-corrected chi connectivity index (χ3v) is 3.91. The van der Waals surface area contributed by atoms with Crippen LogP contribution in [0.4, 0.5) is 32.0 Å². The number of esters is 1. The van der Waals surface area contributed by atoms with Gasteiger partial charge in [-0.3, -0.25) is 9.59 Å². The molecule has 0 fully saturated rings. The van der Waals surface area contributed by atoms with E-state index < -0.39 is 35.4 Å². The van der Waals surface area contributed by atoms with E-state index in [2.05, 4.69) is 9.72 Å². The summed E-state index contributed by atoms with van der Waals surface area (Å²) in [7, 11) is 0. The molecule has 3 rings (SSSR count). The van der Waals surface area contributed by atoms with E-state index in [1.165, 1.54) is 6.92 Å². The molecule has 1 aliphatic rings. The summed E-state index contributed by atoms with van der Waals surface area (Å²) in [6.07, 6.45) is -9.33. The lowest BCUT2D eigenvalue weighted by molar-refractivity contribution is -0.140. The minimum Gasteiger partial charge on any atom is -0.489 e. The molecule has 1 aromatic heterocycles. The van der Waals surface area contributed by atoms with Crippen molar-refractivity contribution in [3.63, 3.8) is 0 Å². The van der Waals surface area contributed by atoms with E-state index in [1.807, 2.05) is 0 Å². The summed E-state index contributed by atoms with van der Waals surface area (Å²) in [5.74, 6) is -0.217. The largest absolute Gasteiger partial charge is 0.489 e. The van der Waals surface area contributed by atoms with E-state index in [0.717, 1.165) is 17.0 Å². The molecular formula is C18H18F6N2O4. The number of pyridine rings is 1. The molecule has 0 atom stereocenters. The molecule has 1 N–H and O–H groups in total. The van der Waals surface area contributed by atoms with Crippen LogP contribution >= 0.6 is 0 Å². The summed E-state index contributed by atoms with van der Waals surface area (Å²) in [4.78, 5) is 24.4. The van der Waals surface area contributed by atoms with E-state index in [-0.39, 0.29) is 36.1 Å². The SMILES string of the molecule is CCOC(C)=O.O=c1cc(C(F)(F)F)c2cc3c(cc2[nH]1)OCCN3CC(F)(F)F. The van der Waals surface area contributed by atoms with Gasteiger partial charge in [-0.25, -0.2) is 0 Å². The predicted molar refractivity (Wildman–Crippen MR) is 95.6 cm³/mol. The summed E-state index contributed by atoms with van der Waals surface area (Å²) in [5.41, 5.74) is -2.41. The number of ether oxygens (including phenoxy) is 2. The number of carbonyl (C=O) groups is 1. The van der Waals surface area contributed by atoms with Crippen molar-refractivity contribution >= 4 is 22.6 Å². The number of carbonyl (C=O) groups excluding carboxylic acids is 1. The number of hydrogen-bond acceptors (Lipinski definition) is 5. The predicted octanol–water partition coefficient (Wildman–Crippen LogP) is 3.88. The molecule has 6 nitrogen and oxygen atoms in total. The highest BCUT2D eigenvalue weighted by Gasteiger charge is 2.36. The summed E-state index contributed by atoms with van der Waals surface area (Å²) < 4.78 is 87.0. The molecule has 0 aliphatic carbocycles. The number of alkyl halides is 6. The number of aromatic nitrogens is 1. The van der Waals surface area contributed by atoms with E-state index in [0.29, 0.717) is 12.7 Å². The van der Waals surface area contributed by atoms with Gasteiger partial charge in [0, 0.05) is 24.4 Å². The van der Waals surface area contributed by atoms with Gasteiger partial charge in [0.1, 0.15) is 18.9 Å². The highest BCUT2D eigenvalue weighted by molar-refractivity contribution is 5.89. The Morgan fingerprint density at radius 3 is 2.37 bits per heavy atom. The molecule has 166 valence electrons. The number of H-pyrrole nitrogens is 1. The van der Waals surface area contributed by atoms with E-state index >= 15 is 0 Å². The number of halogens is 6. The average molecular weight is 440 g/mol. The molecule has 1 aromatic carbocycles. The maximum Gasteiger partial charge on any atom is 0.417 e. The van der Waals surface area contributed by atoms with Crippen LogP contribution in [0.3, 0.4) is 0 Å². The van der Waals surface area contributed by atoms with Crippen molar-refractivity contribution < 1.29 is 40.6 Å². The molecule has 0 saturated heterocycles. The Bertz CT molecular complexity index is 968. The summed E-state index contributed by atoms with van der Waals surface area (Å²) in [5, 5.41) is -0.390. The molecule has 12 heteroatoms. The first-order chi connectivity index (χ1) is 13.8. The number of nitrogens with one attached hydrogen (secondary N) is 1. The fourth-order valence-corrected chi connectivity index (χ4v) is 2.84. The van der Waals surface area contributed by atoms with Crippen LogP contribution in [-0.4, -0.2) is 43.4 Å². The first kappa shape index (κ1) is 23.4. The molecule has 0 spiro atoms. The fraction of sp³-hybridized carbons (Fsp3) is 0.444. The second-order valence-corrected chi connectivity index (χ2v) is 6.22. The van der Waals surface area contributed by atoms with Gasteiger partial charge in [-0.05, 0) is 13.0 Å². The van der Waals surface area contributed by atoms with Crippen molar-refractivity contribution in [2.24, 2.45) is 0 Å². The van der Waals surface area contributed by atoms with E-state index in [1.54, 1.807) is 6.92 Å². The lowest BCUT2D eigenvalue weighted by Crippen LogP contribution is -2.39. The number of rotatable bonds is 2. The van der Waals surface area contributed by atoms with Crippen molar-refractivity contribution in [2.75, 3.05) is 31.2 Å². The maximum absolute atomic E-state index is 13.1. The Labute approximate surface area is 166 Å². The third-order valence-electron chi connectivity index (χ3n) is 3.91. The minimum absolute atomic E-state index is 0.00651. The van der Waals surface area contributed by atoms with Gasteiger partial charge in [-0.15, -0.1) is 0 Å². The molecule has 0 unspecified atom stereocenters. The van der Waals surface area contributed by atoms with Gasteiger partial charge in [-0.1, -0.05) is 0 Å². The smallest absolute Gasteiger partial charge is 0.417 e. The molecule has 30 heavy (non-hydrogen) atoms. The van der Waals surface area contributed by atoms with Crippen molar-refractivity contribution in [1.82, 2.24) is 4.98 Å². The minimum atomic E-state index is -4.81. The zero-order chi connectivity index (χ0) is 22.7. The second-order valence-electron chi connectivity index (χ2n) is 6.22. The van der Waals surface area contributed by atoms with Crippen molar-refractivity contribution in [2.45, 2.75) is 26.2 Å². The zero-order valence-corrected chi connectivity index (χ0v) is 15.9. The first-order valence-electron chi connectivity index (χ1n) is 8.68. The van der Waals surface area contributed by atoms with Gasteiger partial charge in [0.2, 0.25) is 5.56 Å². The quantitative estimate of drug-likeness (QED) is 0.567. The van der Waals surface area contributed by atoms with Crippen LogP contribution in [0.15, 0.2) is 23.0 Å². The van der Waals surface area contributed by atoms with Crippen LogP contribution in [-0.2, 0) is 15.7 Å². The number of fused-ring (bicyclic) bond motifs is 2. The van der Waals surface area contributed by atoms with Crippen molar-refractivity contribution in [3.05, 3.63) is 34.1 Å². The Hall–Kier alpha value is -2.92. The number of hydrogen-bond donors (Lipinski definition) is 1. The van der Waals surface area contributed by atoms with Crippen molar-refractivity contribution in [1.29, 1.82) is 0 Å². The molecule has 1 aliphatic heterocycles. The first-order valence-corrected chi connectivity index (χ1v) is 8.68. The van der Waals surface area contributed by atoms with Gasteiger partial charge in [0.05, 0.1) is 29.9 Å². The number of benzene rings is 1. The molecule has 0 radical (unpaired) electrons. The van der Waals surface area contributed by atoms with Crippen LogP contribution in [0.25, 0.3) is 10.9 Å². The zero-order valence-electron chi connectivity index (χ0n) is 15.9. The topological polar surface area (TPSA) is 71.6 Å². The highest BCUT2D eigenvalue weighted by atomic mass is 19.4. The molecule has 2 aromatic rings. The monoisotopic (exact) mass is 440 g/mol. The molecule has 0 amide bonds. The number of anilines is 1. The Morgan fingerprint density at radius 1 is 1.20 bits per heavy atom. The van der Waals surface area contributed by atoms with E-state index in [9.17, 15) is 35.9 Å². The average Bonchev–Trinajstić information content (AvgIpc) is 2.58. The molecule has 2 heterocycles.